The number of halogens is 1. The van der Waals surface area contributed by atoms with Crippen LogP contribution in [0, 0.1) is 30.5 Å². The summed E-state index contributed by atoms with van der Waals surface area (Å²) in [5.74, 6) is 2.04. The summed E-state index contributed by atoms with van der Waals surface area (Å²) >= 11 is 0. The van der Waals surface area contributed by atoms with Gasteiger partial charge in [-0.2, -0.15) is 0 Å². The summed E-state index contributed by atoms with van der Waals surface area (Å²) in [7, 11) is 0. The van der Waals surface area contributed by atoms with Crippen molar-refractivity contribution in [2.75, 3.05) is 6.54 Å². The zero-order chi connectivity index (χ0) is 15.4. The van der Waals surface area contributed by atoms with Gasteiger partial charge in [0.15, 0.2) is 0 Å². The third kappa shape index (κ3) is 4.06. The first-order valence-electron chi connectivity index (χ1n) is 8.52. The van der Waals surface area contributed by atoms with E-state index in [1.54, 1.807) is 6.07 Å². The maximum atomic E-state index is 14.3. The SMILES string of the molecule is CCCNC(c1cc(C)ccc1F)C1CCC(C)C(C)C1. The van der Waals surface area contributed by atoms with Crippen LogP contribution in [0.15, 0.2) is 18.2 Å². The molecular formula is C19H30FN. The minimum absolute atomic E-state index is 0.0551. The van der Waals surface area contributed by atoms with Gasteiger partial charge in [0.1, 0.15) is 5.82 Å². The Morgan fingerprint density at radius 3 is 2.67 bits per heavy atom. The van der Waals surface area contributed by atoms with Crippen LogP contribution in [-0.4, -0.2) is 6.54 Å². The van der Waals surface area contributed by atoms with Crippen molar-refractivity contribution in [2.45, 2.75) is 59.4 Å². The van der Waals surface area contributed by atoms with Gasteiger partial charge in [-0.1, -0.05) is 44.9 Å². The van der Waals surface area contributed by atoms with E-state index in [0.717, 1.165) is 35.9 Å². The number of benzene rings is 1. The minimum Gasteiger partial charge on any atom is -0.310 e. The molecule has 1 saturated carbocycles. The first kappa shape index (κ1) is 16.5. The van der Waals surface area contributed by atoms with E-state index in [0.29, 0.717) is 5.92 Å². The lowest BCUT2D eigenvalue weighted by atomic mass is 9.72. The predicted molar refractivity (Wildman–Crippen MR) is 87.8 cm³/mol. The predicted octanol–water partition coefficient (Wildman–Crippen LogP) is 5.25. The van der Waals surface area contributed by atoms with Crippen LogP contribution in [0.1, 0.15) is 63.6 Å². The van der Waals surface area contributed by atoms with Crippen molar-refractivity contribution in [3.63, 3.8) is 0 Å². The Hall–Kier alpha value is -0.890. The normalized spacial score (nSPS) is 27.6. The molecule has 1 aliphatic rings. The first-order chi connectivity index (χ1) is 10.0. The highest BCUT2D eigenvalue weighted by Crippen LogP contribution is 2.40. The summed E-state index contributed by atoms with van der Waals surface area (Å²) in [4.78, 5) is 0. The molecule has 1 aromatic rings. The van der Waals surface area contributed by atoms with Crippen molar-refractivity contribution in [1.29, 1.82) is 0 Å². The molecule has 1 aromatic carbocycles. The molecule has 0 spiro atoms. The van der Waals surface area contributed by atoms with Gasteiger partial charge in [0.05, 0.1) is 0 Å². The standard InChI is InChI=1S/C19H30FN/c1-5-10-21-19(16-8-7-14(3)15(4)12-16)17-11-13(2)6-9-18(17)20/h6,9,11,14-16,19,21H,5,7-8,10,12H2,1-4H3. The average molecular weight is 291 g/mol. The summed E-state index contributed by atoms with van der Waals surface area (Å²) in [5, 5.41) is 3.62. The molecule has 4 unspecified atom stereocenters. The van der Waals surface area contributed by atoms with Crippen LogP contribution < -0.4 is 5.32 Å². The van der Waals surface area contributed by atoms with Crippen LogP contribution in [0.5, 0.6) is 0 Å². The highest BCUT2D eigenvalue weighted by Gasteiger charge is 2.31. The second kappa shape index (κ2) is 7.40. The summed E-state index contributed by atoms with van der Waals surface area (Å²) in [6.07, 6.45) is 4.77. The van der Waals surface area contributed by atoms with Gasteiger partial charge in [-0.15, -0.1) is 0 Å². The highest BCUT2D eigenvalue weighted by molar-refractivity contribution is 5.27. The second-order valence-corrected chi connectivity index (χ2v) is 6.98. The Kier molecular flexibility index (Phi) is 5.80. The molecule has 0 bridgehead atoms. The van der Waals surface area contributed by atoms with Crippen LogP contribution >= 0.6 is 0 Å². The van der Waals surface area contributed by atoms with Gasteiger partial charge in [-0.05, 0) is 56.6 Å². The van der Waals surface area contributed by atoms with Crippen molar-refractivity contribution < 1.29 is 4.39 Å². The van der Waals surface area contributed by atoms with Crippen LogP contribution in [0.3, 0.4) is 0 Å². The molecule has 4 atom stereocenters. The second-order valence-electron chi connectivity index (χ2n) is 6.98. The van der Waals surface area contributed by atoms with E-state index in [4.69, 9.17) is 0 Å². The summed E-state index contributed by atoms with van der Waals surface area (Å²) in [5.41, 5.74) is 2.02. The van der Waals surface area contributed by atoms with Gasteiger partial charge in [0.2, 0.25) is 0 Å². The van der Waals surface area contributed by atoms with Crippen molar-refractivity contribution in [3.05, 3.63) is 35.1 Å². The van der Waals surface area contributed by atoms with E-state index in [9.17, 15) is 4.39 Å². The molecule has 0 saturated heterocycles. The number of hydrogen-bond acceptors (Lipinski definition) is 1. The lowest BCUT2D eigenvalue weighted by Crippen LogP contribution is -2.34. The number of nitrogens with one attached hydrogen (secondary N) is 1. The largest absolute Gasteiger partial charge is 0.310 e. The third-order valence-corrected chi connectivity index (χ3v) is 5.21. The fraction of sp³-hybridized carbons (Fsp3) is 0.684. The molecule has 118 valence electrons. The molecule has 1 N–H and O–H groups in total. The molecule has 0 radical (unpaired) electrons. The van der Waals surface area contributed by atoms with Gasteiger partial charge in [0, 0.05) is 11.6 Å². The molecule has 0 heterocycles. The molecular weight excluding hydrogens is 261 g/mol. The van der Waals surface area contributed by atoms with E-state index >= 15 is 0 Å². The van der Waals surface area contributed by atoms with E-state index < -0.39 is 0 Å². The fourth-order valence-corrected chi connectivity index (χ4v) is 3.62. The monoisotopic (exact) mass is 291 g/mol. The minimum atomic E-state index is -0.0551. The Labute approximate surface area is 129 Å². The van der Waals surface area contributed by atoms with Crippen molar-refractivity contribution in [2.24, 2.45) is 17.8 Å². The Morgan fingerprint density at radius 2 is 2.00 bits per heavy atom. The lowest BCUT2D eigenvalue weighted by Gasteiger charge is -2.37. The molecule has 21 heavy (non-hydrogen) atoms. The van der Waals surface area contributed by atoms with Crippen LogP contribution in [-0.2, 0) is 0 Å². The van der Waals surface area contributed by atoms with Crippen molar-refractivity contribution >= 4 is 0 Å². The molecule has 1 aliphatic carbocycles. The molecule has 2 heteroatoms. The zero-order valence-corrected chi connectivity index (χ0v) is 14.0. The molecule has 0 aliphatic heterocycles. The van der Waals surface area contributed by atoms with Crippen LogP contribution in [0.2, 0.25) is 0 Å². The maximum absolute atomic E-state index is 14.3. The van der Waals surface area contributed by atoms with Crippen molar-refractivity contribution in [3.8, 4) is 0 Å². The van der Waals surface area contributed by atoms with E-state index in [-0.39, 0.29) is 11.9 Å². The highest BCUT2D eigenvalue weighted by atomic mass is 19.1. The fourth-order valence-electron chi connectivity index (χ4n) is 3.62. The molecule has 0 aromatic heterocycles. The smallest absolute Gasteiger partial charge is 0.128 e. The Morgan fingerprint density at radius 1 is 1.24 bits per heavy atom. The molecule has 0 amide bonds. The summed E-state index contributed by atoms with van der Waals surface area (Å²) in [6, 6.07) is 5.69. The zero-order valence-electron chi connectivity index (χ0n) is 14.0. The van der Waals surface area contributed by atoms with Gasteiger partial charge in [-0.3, -0.25) is 0 Å². The quantitative estimate of drug-likeness (QED) is 0.781. The van der Waals surface area contributed by atoms with Gasteiger partial charge < -0.3 is 5.32 Å². The van der Waals surface area contributed by atoms with E-state index in [2.05, 4.69) is 26.1 Å². The summed E-state index contributed by atoms with van der Waals surface area (Å²) in [6.45, 7) is 9.87. The molecule has 1 nitrogen and oxygen atoms in total. The van der Waals surface area contributed by atoms with Gasteiger partial charge in [-0.25, -0.2) is 4.39 Å². The van der Waals surface area contributed by atoms with Crippen LogP contribution in [0.4, 0.5) is 4.39 Å². The maximum Gasteiger partial charge on any atom is 0.128 e. The van der Waals surface area contributed by atoms with Gasteiger partial charge in [0.25, 0.3) is 0 Å². The summed E-state index contributed by atoms with van der Waals surface area (Å²) < 4.78 is 14.3. The van der Waals surface area contributed by atoms with E-state index in [1.165, 1.54) is 19.3 Å². The van der Waals surface area contributed by atoms with E-state index in [1.807, 2.05) is 19.1 Å². The number of aryl methyl sites for hydroxylation is 1. The van der Waals surface area contributed by atoms with Crippen LogP contribution in [0.25, 0.3) is 0 Å². The van der Waals surface area contributed by atoms with Gasteiger partial charge >= 0.3 is 0 Å². The van der Waals surface area contributed by atoms with Crippen molar-refractivity contribution in [1.82, 2.24) is 5.32 Å². The molecule has 1 fully saturated rings. The topological polar surface area (TPSA) is 12.0 Å². The Bertz CT molecular complexity index is 457. The lowest BCUT2D eigenvalue weighted by molar-refractivity contribution is 0.169. The number of rotatable bonds is 5. The molecule has 2 rings (SSSR count). The third-order valence-electron chi connectivity index (χ3n) is 5.21. The average Bonchev–Trinajstić information content (AvgIpc) is 2.46. The first-order valence-corrected chi connectivity index (χ1v) is 8.52. The number of hydrogen-bond donors (Lipinski definition) is 1. The Balaban J connectivity index is 2.23.